The highest BCUT2D eigenvalue weighted by Crippen LogP contribution is 2.52. The zero-order valence-corrected chi connectivity index (χ0v) is 13.6. The van der Waals surface area contributed by atoms with Gasteiger partial charge in [0.05, 0.1) is 18.2 Å². The number of aliphatic hydroxyl groups excluding tert-OH is 1. The van der Waals surface area contributed by atoms with Gasteiger partial charge in [-0.1, -0.05) is 17.0 Å². The average Bonchev–Trinajstić information content (AvgIpc) is 2.99. The quantitative estimate of drug-likeness (QED) is 0.767. The van der Waals surface area contributed by atoms with E-state index in [4.69, 9.17) is 0 Å². The number of amides is 1. The molecule has 1 fully saturated rings. The zero-order chi connectivity index (χ0) is 16.9. The minimum absolute atomic E-state index is 0.0282. The van der Waals surface area contributed by atoms with Gasteiger partial charge in [-0.25, -0.2) is 4.79 Å². The molecule has 0 radical (unpaired) electrons. The molecule has 0 spiro atoms. The summed E-state index contributed by atoms with van der Waals surface area (Å²) in [6.45, 7) is 3.31. The van der Waals surface area contributed by atoms with E-state index in [0.717, 1.165) is 0 Å². The number of allylic oxidation sites excluding steroid dienone is 1. The Kier molecular flexibility index (Phi) is 3.77. The monoisotopic (exact) mass is 336 g/mol. The number of fused-ring (bicyclic) bond motifs is 1. The fourth-order valence-corrected chi connectivity index (χ4v) is 4.37. The Morgan fingerprint density at radius 2 is 2.22 bits per heavy atom. The smallest absolute Gasteiger partial charge is 0.353 e. The number of thioether (sulfide) groups is 1. The van der Waals surface area contributed by atoms with Crippen LogP contribution in [-0.2, 0) is 16.6 Å². The van der Waals surface area contributed by atoms with Crippen LogP contribution in [0.4, 0.5) is 0 Å². The van der Waals surface area contributed by atoms with Crippen LogP contribution in [0.2, 0.25) is 0 Å². The summed E-state index contributed by atoms with van der Waals surface area (Å²) < 4.78 is 1.55. The summed E-state index contributed by atoms with van der Waals surface area (Å²) in [4.78, 5) is 25.5. The zero-order valence-electron chi connectivity index (χ0n) is 12.8. The summed E-state index contributed by atoms with van der Waals surface area (Å²) in [6, 6.07) is 0. The molecule has 0 aromatic carbocycles. The van der Waals surface area contributed by atoms with Gasteiger partial charge in [-0.3, -0.25) is 14.4 Å². The first-order valence-corrected chi connectivity index (χ1v) is 7.89. The standard InChI is InChI=1S/C14H16N4O4S/c1-6(4-8-5-17(3)16-15-8)11-10(14(21)22)18-12(20)9(7(2)19)13(18)23-11/h4-5,7,9,13,19H,1-3H3,(H,21,22)/b6-4+/t7?,9-,13+/m0/s1. The van der Waals surface area contributed by atoms with Crippen molar-refractivity contribution >= 4 is 29.7 Å². The number of carboxylic acid groups (broad SMARTS) is 1. The maximum atomic E-state index is 12.1. The number of nitrogens with zero attached hydrogens (tertiary/aromatic N) is 4. The van der Waals surface area contributed by atoms with Gasteiger partial charge in [0.1, 0.15) is 16.8 Å². The lowest BCUT2D eigenvalue weighted by Gasteiger charge is -2.43. The molecule has 2 aliphatic rings. The van der Waals surface area contributed by atoms with Gasteiger partial charge < -0.3 is 10.2 Å². The van der Waals surface area contributed by atoms with Crippen LogP contribution in [0.25, 0.3) is 6.08 Å². The molecule has 3 heterocycles. The van der Waals surface area contributed by atoms with Gasteiger partial charge in [0, 0.05) is 12.0 Å². The number of aryl methyl sites for hydroxylation is 1. The molecule has 1 aromatic heterocycles. The lowest BCUT2D eigenvalue weighted by molar-refractivity contribution is -0.156. The summed E-state index contributed by atoms with van der Waals surface area (Å²) in [6.07, 6.45) is 2.63. The Balaban J connectivity index is 1.96. The second-order valence-corrected chi connectivity index (χ2v) is 6.74. The Labute approximate surface area is 136 Å². The summed E-state index contributed by atoms with van der Waals surface area (Å²) in [7, 11) is 1.74. The molecule has 0 saturated carbocycles. The molecular weight excluding hydrogens is 320 g/mol. The Morgan fingerprint density at radius 1 is 1.52 bits per heavy atom. The van der Waals surface area contributed by atoms with Crippen molar-refractivity contribution in [2.75, 3.05) is 0 Å². The van der Waals surface area contributed by atoms with Crippen LogP contribution < -0.4 is 0 Å². The largest absolute Gasteiger partial charge is 0.477 e. The minimum Gasteiger partial charge on any atom is -0.477 e. The van der Waals surface area contributed by atoms with Crippen LogP contribution >= 0.6 is 11.8 Å². The molecule has 3 atom stereocenters. The number of carbonyl (C=O) groups excluding carboxylic acids is 1. The van der Waals surface area contributed by atoms with E-state index in [9.17, 15) is 19.8 Å². The Bertz CT molecular complexity index is 752. The number of aromatic nitrogens is 3. The number of carboxylic acids is 1. The SMILES string of the molecule is C/C(=C\c1cn(C)nn1)C1=C(C(=O)O)N2C(=O)[C@H](C(C)O)[C@H]2S1. The van der Waals surface area contributed by atoms with Crippen molar-refractivity contribution in [1.82, 2.24) is 19.9 Å². The van der Waals surface area contributed by atoms with Crippen LogP contribution in [0.15, 0.2) is 22.4 Å². The molecule has 2 aliphatic heterocycles. The predicted octanol–water partition coefficient (Wildman–Crippen LogP) is 0.427. The van der Waals surface area contributed by atoms with Gasteiger partial charge in [0.15, 0.2) is 0 Å². The lowest BCUT2D eigenvalue weighted by Crippen LogP contribution is -2.60. The third-order valence-corrected chi connectivity index (χ3v) is 5.34. The van der Waals surface area contributed by atoms with Gasteiger partial charge >= 0.3 is 5.97 Å². The number of β-lactam (4-membered cyclic amide) rings is 1. The molecule has 0 aliphatic carbocycles. The molecule has 1 unspecified atom stereocenters. The summed E-state index contributed by atoms with van der Waals surface area (Å²) >= 11 is 1.29. The number of rotatable bonds is 4. The molecule has 1 aromatic rings. The number of hydrogen-bond acceptors (Lipinski definition) is 6. The van der Waals surface area contributed by atoms with E-state index in [-0.39, 0.29) is 17.0 Å². The highest BCUT2D eigenvalue weighted by Gasteiger charge is 2.57. The molecule has 122 valence electrons. The lowest BCUT2D eigenvalue weighted by atomic mass is 9.92. The topological polar surface area (TPSA) is 109 Å². The van der Waals surface area contributed by atoms with Gasteiger partial charge in [-0.15, -0.1) is 5.10 Å². The predicted molar refractivity (Wildman–Crippen MR) is 82.7 cm³/mol. The van der Waals surface area contributed by atoms with Crippen LogP contribution in [0.5, 0.6) is 0 Å². The average molecular weight is 336 g/mol. The highest BCUT2D eigenvalue weighted by atomic mass is 32.2. The normalized spacial score (nSPS) is 25.5. The molecule has 23 heavy (non-hydrogen) atoms. The Morgan fingerprint density at radius 3 is 2.74 bits per heavy atom. The maximum absolute atomic E-state index is 12.1. The van der Waals surface area contributed by atoms with Crippen molar-refractivity contribution < 1.29 is 19.8 Å². The molecule has 3 rings (SSSR count). The second-order valence-electron chi connectivity index (χ2n) is 5.61. The molecule has 8 nitrogen and oxygen atoms in total. The van der Waals surface area contributed by atoms with Crippen LogP contribution in [0, 0.1) is 5.92 Å². The molecule has 0 bridgehead atoms. The van der Waals surface area contributed by atoms with Gasteiger partial charge in [-0.05, 0) is 25.5 Å². The van der Waals surface area contributed by atoms with Crippen molar-refractivity contribution in [3.63, 3.8) is 0 Å². The van der Waals surface area contributed by atoms with E-state index in [1.807, 2.05) is 0 Å². The van der Waals surface area contributed by atoms with E-state index in [1.165, 1.54) is 16.7 Å². The van der Waals surface area contributed by atoms with E-state index in [1.54, 1.807) is 37.8 Å². The Hall–Kier alpha value is -2.13. The first-order valence-electron chi connectivity index (χ1n) is 7.01. The van der Waals surface area contributed by atoms with E-state index >= 15 is 0 Å². The molecule has 2 N–H and O–H groups in total. The number of carbonyl (C=O) groups is 2. The van der Waals surface area contributed by atoms with Crippen LogP contribution in [0.3, 0.4) is 0 Å². The van der Waals surface area contributed by atoms with Crippen molar-refractivity contribution in [2.45, 2.75) is 25.3 Å². The first-order chi connectivity index (χ1) is 10.8. The van der Waals surface area contributed by atoms with Crippen molar-refractivity contribution in [3.05, 3.63) is 28.1 Å². The van der Waals surface area contributed by atoms with Gasteiger partial charge in [0.25, 0.3) is 0 Å². The molecule has 1 saturated heterocycles. The van der Waals surface area contributed by atoms with E-state index in [0.29, 0.717) is 16.2 Å². The molecular formula is C14H16N4O4S. The van der Waals surface area contributed by atoms with Gasteiger partial charge in [0.2, 0.25) is 5.91 Å². The maximum Gasteiger partial charge on any atom is 0.353 e. The van der Waals surface area contributed by atoms with Crippen molar-refractivity contribution in [1.29, 1.82) is 0 Å². The van der Waals surface area contributed by atoms with Crippen molar-refractivity contribution in [3.8, 4) is 0 Å². The fraction of sp³-hybridized carbons (Fsp3) is 0.429. The number of aliphatic carboxylic acids is 1. The number of aliphatic hydroxyl groups is 1. The summed E-state index contributed by atoms with van der Waals surface area (Å²) in [5.74, 6) is -2.08. The molecule has 9 heteroatoms. The summed E-state index contributed by atoms with van der Waals surface area (Å²) in [5, 5.41) is 26.6. The van der Waals surface area contributed by atoms with Crippen LogP contribution in [-0.4, -0.2) is 53.5 Å². The summed E-state index contributed by atoms with van der Waals surface area (Å²) in [5.41, 5.74) is 1.27. The fourth-order valence-electron chi connectivity index (χ4n) is 2.78. The van der Waals surface area contributed by atoms with Gasteiger partial charge in [-0.2, -0.15) is 0 Å². The van der Waals surface area contributed by atoms with Crippen molar-refractivity contribution in [2.24, 2.45) is 13.0 Å². The highest BCUT2D eigenvalue weighted by molar-refractivity contribution is 8.04. The molecule has 1 amide bonds. The van der Waals surface area contributed by atoms with E-state index in [2.05, 4.69) is 10.3 Å². The second kappa shape index (κ2) is 5.50. The van der Waals surface area contributed by atoms with E-state index < -0.39 is 18.0 Å². The van der Waals surface area contributed by atoms with Crippen LogP contribution in [0.1, 0.15) is 19.5 Å². The third-order valence-electron chi connectivity index (χ3n) is 3.84. The third kappa shape index (κ3) is 2.45. The number of hydrogen-bond donors (Lipinski definition) is 2. The minimum atomic E-state index is -1.15. The first kappa shape index (κ1) is 15.8.